The number of piperidine rings is 1. The van der Waals surface area contributed by atoms with E-state index < -0.39 is 0 Å². The van der Waals surface area contributed by atoms with Gasteiger partial charge < -0.3 is 19.9 Å². The summed E-state index contributed by atoms with van der Waals surface area (Å²) in [6, 6.07) is 0. The maximum Gasteiger partial charge on any atom is 0.225 e. The minimum absolute atomic E-state index is 0.0550. The van der Waals surface area contributed by atoms with Crippen molar-refractivity contribution in [1.29, 1.82) is 0 Å². The molecule has 1 atom stereocenters. The fraction of sp³-hybridized carbons (Fsp3) is 0.864. The predicted octanol–water partition coefficient (Wildman–Crippen LogP) is 1.81. The van der Waals surface area contributed by atoms with Crippen LogP contribution in [-0.4, -0.2) is 74.0 Å². The number of hydrogen-bond acceptors (Lipinski definition) is 4. The topological polar surface area (TPSA) is 79.0 Å². The number of carbonyl (C=O) groups is 3. The highest BCUT2D eigenvalue weighted by Gasteiger charge is 2.36. The summed E-state index contributed by atoms with van der Waals surface area (Å²) in [5.74, 6) is 1.26. The van der Waals surface area contributed by atoms with Gasteiger partial charge in [0, 0.05) is 52.7 Å². The lowest BCUT2D eigenvalue weighted by atomic mass is 9.95. The van der Waals surface area contributed by atoms with E-state index in [0.717, 1.165) is 38.3 Å². The third-order valence-corrected chi connectivity index (χ3v) is 6.88. The minimum Gasteiger partial charge on any atom is -0.383 e. The van der Waals surface area contributed by atoms with E-state index in [1.165, 1.54) is 25.7 Å². The van der Waals surface area contributed by atoms with Crippen molar-refractivity contribution < 1.29 is 19.1 Å². The molecule has 0 aromatic heterocycles. The molecule has 3 aliphatic rings. The maximum atomic E-state index is 12.5. The van der Waals surface area contributed by atoms with Gasteiger partial charge in [0.15, 0.2) is 0 Å². The lowest BCUT2D eigenvalue weighted by Gasteiger charge is -2.34. The number of nitrogens with zero attached hydrogens (tertiary/aromatic N) is 2. The molecule has 3 amide bonds. The van der Waals surface area contributed by atoms with E-state index >= 15 is 0 Å². The minimum atomic E-state index is -0.253. The zero-order valence-corrected chi connectivity index (χ0v) is 17.9. The van der Waals surface area contributed by atoms with Crippen molar-refractivity contribution in [2.75, 3.05) is 46.4 Å². The van der Waals surface area contributed by atoms with Gasteiger partial charge in [0.05, 0.1) is 12.5 Å². The zero-order valence-electron chi connectivity index (χ0n) is 17.9. The van der Waals surface area contributed by atoms with Crippen molar-refractivity contribution >= 4 is 17.7 Å². The van der Waals surface area contributed by atoms with E-state index in [9.17, 15) is 14.4 Å². The molecule has 1 N–H and O–H groups in total. The summed E-state index contributed by atoms with van der Waals surface area (Å²) in [6.07, 6.45) is 9.19. The molecule has 0 radical (unpaired) electrons. The number of nitrogens with one attached hydrogen (secondary N) is 1. The predicted molar refractivity (Wildman–Crippen MR) is 110 cm³/mol. The van der Waals surface area contributed by atoms with Gasteiger partial charge in [-0.1, -0.05) is 25.7 Å². The largest absolute Gasteiger partial charge is 0.383 e. The number of carbonyl (C=O) groups excluding carboxylic acids is 3. The van der Waals surface area contributed by atoms with E-state index in [1.54, 1.807) is 7.11 Å². The molecule has 164 valence electrons. The Morgan fingerprint density at radius 3 is 2.52 bits per heavy atom. The Kier molecular flexibility index (Phi) is 8.33. The summed E-state index contributed by atoms with van der Waals surface area (Å²) in [4.78, 5) is 40.9. The van der Waals surface area contributed by atoms with E-state index in [0.29, 0.717) is 50.9 Å². The van der Waals surface area contributed by atoms with Crippen molar-refractivity contribution in [3.05, 3.63) is 0 Å². The van der Waals surface area contributed by atoms with Gasteiger partial charge >= 0.3 is 0 Å². The summed E-state index contributed by atoms with van der Waals surface area (Å²) in [6.45, 7) is 3.79. The lowest BCUT2D eigenvalue weighted by molar-refractivity contribution is -0.134. The molecular formula is C22H37N3O4. The number of amides is 3. The number of methoxy groups -OCH3 is 1. The molecule has 0 bridgehead atoms. The second kappa shape index (κ2) is 11.0. The standard InChI is InChI=1S/C22H37N3O4/c1-29-13-10-23-22(28)19-14-21(27)25(16-19)15-18-8-11-24(12-9-18)20(26)7-6-17-4-2-3-5-17/h17-19H,2-16H2,1H3,(H,23,28). The second-order valence-corrected chi connectivity index (χ2v) is 9.00. The molecule has 0 spiro atoms. The highest BCUT2D eigenvalue weighted by Crippen LogP contribution is 2.29. The summed E-state index contributed by atoms with van der Waals surface area (Å²) >= 11 is 0. The highest BCUT2D eigenvalue weighted by atomic mass is 16.5. The Morgan fingerprint density at radius 2 is 1.83 bits per heavy atom. The fourth-order valence-electron chi connectivity index (χ4n) is 5.01. The molecule has 1 unspecified atom stereocenters. The van der Waals surface area contributed by atoms with Gasteiger partial charge in [0.2, 0.25) is 17.7 Å². The Hall–Kier alpha value is -1.63. The molecule has 3 rings (SSSR count). The molecule has 2 heterocycles. The van der Waals surface area contributed by atoms with Gasteiger partial charge in [-0.05, 0) is 31.1 Å². The third kappa shape index (κ3) is 6.43. The van der Waals surface area contributed by atoms with Crippen LogP contribution in [0.5, 0.6) is 0 Å². The van der Waals surface area contributed by atoms with Gasteiger partial charge in [0.25, 0.3) is 0 Å². The monoisotopic (exact) mass is 407 g/mol. The number of likely N-dealkylation sites (tertiary alicyclic amines) is 2. The van der Waals surface area contributed by atoms with E-state index in [4.69, 9.17) is 4.74 Å². The first-order chi connectivity index (χ1) is 14.1. The summed E-state index contributed by atoms with van der Waals surface area (Å²) in [7, 11) is 1.60. The molecule has 2 aliphatic heterocycles. The quantitative estimate of drug-likeness (QED) is 0.591. The number of hydrogen-bond donors (Lipinski definition) is 1. The molecule has 29 heavy (non-hydrogen) atoms. The molecule has 0 aromatic rings. The Labute approximate surface area is 174 Å². The normalized spacial score (nSPS) is 23.8. The number of ether oxygens (including phenoxy) is 1. The van der Waals surface area contributed by atoms with E-state index in [-0.39, 0.29) is 17.7 Å². The van der Waals surface area contributed by atoms with Crippen LogP contribution in [0.2, 0.25) is 0 Å². The van der Waals surface area contributed by atoms with Crippen molar-refractivity contribution in [2.45, 2.75) is 57.8 Å². The van der Waals surface area contributed by atoms with Crippen molar-refractivity contribution in [3.63, 3.8) is 0 Å². The van der Waals surface area contributed by atoms with Crippen LogP contribution in [0.15, 0.2) is 0 Å². The highest BCUT2D eigenvalue weighted by molar-refractivity contribution is 5.89. The molecule has 3 fully saturated rings. The van der Waals surface area contributed by atoms with Crippen molar-refractivity contribution in [3.8, 4) is 0 Å². The van der Waals surface area contributed by atoms with Crippen LogP contribution >= 0.6 is 0 Å². The Balaban J connectivity index is 1.35. The fourth-order valence-corrected chi connectivity index (χ4v) is 5.01. The first-order valence-electron chi connectivity index (χ1n) is 11.4. The first kappa shape index (κ1) is 22.1. The molecule has 1 saturated carbocycles. The summed E-state index contributed by atoms with van der Waals surface area (Å²) < 4.78 is 4.94. The van der Waals surface area contributed by atoms with Gasteiger partial charge in [-0.15, -0.1) is 0 Å². The summed E-state index contributed by atoms with van der Waals surface area (Å²) in [5, 5.41) is 2.83. The lowest BCUT2D eigenvalue weighted by Crippen LogP contribution is -2.42. The van der Waals surface area contributed by atoms with Crippen LogP contribution in [0.4, 0.5) is 0 Å². The smallest absolute Gasteiger partial charge is 0.225 e. The molecule has 2 saturated heterocycles. The molecular weight excluding hydrogens is 370 g/mol. The van der Waals surface area contributed by atoms with Crippen LogP contribution in [-0.2, 0) is 19.1 Å². The van der Waals surface area contributed by atoms with Gasteiger partial charge in [-0.25, -0.2) is 0 Å². The van der Waals surface area contributed by atoms with E-state index in [1.807, 2.05) is 9.80 Å². The number of rotatable bonds is 9. The van der Waals surface area contributed by atoms with Crippen molar-refractivity contribution in [1.82, 2.24) is 15.1 Å². The van der Waals surface area contributed by atoms with Crippen LogP contribution in [0, 0.1) is 17.8 Å². The maximum absolute atomic E-state index is 12.5. The second-order valence-electron chi connectivity index (χ2n) is 9.00. The molecule has 1 aliphatic carbocycles. The zero-order chi connectivity index (χ0) is 20.6. The first-order valence-corrected chi connectivity index (χ1v) is 11.4. The van der Waals surface area contributed by atoms with Gasteiger partial charge in [-0.2, -0.15) is 0 Å². The summed E-state index contributed by atoms with van der Waals surface area (Å²) in [5.41, 5.74) is 0. The van der Waals surface area contributed by atoms with Gasteiger partial charge in [-0.3, -0.25) is 14.4 Å². The van der Waals surface area contributed by atoms with Gasteiger partial charge in [0.1, 0.15) is 0 Å². The molecule has 0 aromatic carbocycles. The third-order valence-electron chi connectivity index (χ3n) is 6.88. The van der Waals surface area contributed by atoms with E-state index in [2.05, 4.69) is 5.32 Å². The Morgan fingerprint density at radius 1 is 1.10 bits per heavy atom. The average Bonchev–Trinajstić information content (AvgIpc) is 3.37. The molecule has 7 heteroatoms. The molecule has 7 nitrogen and oxygen atoms in total. The average molecular weight is 408 g/mol. The van der Waals surface area contributed by atoms with Crippen LogP contribution < -0.4 is 5.32 Å². The van der Waals surface area contributed by atoms with Crippen LogP contribution in [0.25, 0.3) is 0 Å². The SMILES string of the molecule is COCCNC(=O)C1CC(=O)N(CC2CCN(C(=O)CCC3CCCC3)CC2)C1. The van der Waals surface area contributed by atoms with Crippen molar-refractivity contribution in [2.24, 2.45) is 17.8 Å². The van der Waals surface area contributed by atoms with Crippen LogP contribution in [0.3, 0.4) is 0 Å². The van der Waals surface area contributed by atoms with Crippen LogP contribution in [0.1, 0.15) is 57.8 Å². The Bertz CT molecular complexity index is 568.